The third kappa shape index (κ3) is 3.44. The quantitative estimate of drug-likeness (QED) is 0.559. The van der Waals surface area contributed by atoms with Crippen molar-refractivity contribution in [1.82, 2.24) is 19.5 Å². The maximum absolute atomic E-state index is 6.22. The summed E-state index contributed by atoms with van der Waals surface area (Å²) in [5.41, 5.74) is 7.55. The van der Waals surface area contributed by atoms with Crippen molar-refractivity contribution < 1.29 is 14.2 Å². The Bertz CT molecular complexity index is 1190. The van der Waals surface area contributed by atoms with Crippen molar-refractivity contribution in [3.63, 3.8) is 0 Å². The Balaban J connectivity index is 1.38. The smallest absolute Gasteiger partial charge is 0.231 e. The van der Waals surface area contributed by atoms with Gasteiger partial charge in [-0.25, -0.2) is 15.0 Å². The van der Waals surface area contributed by atoms with Crippen molar-refractivity contribution in [2.75, 3.05) is 12.5 Å². The first-order valence-corrected chi connectivity index (χ1v) is 12.0. The zero-order valence-corrected chi connectivity index (χ0v) is 19.4. The van der Waals surface area contributed by atoms with Gasteiger partial charge in [-0.2, -0.15) is 0 Å². The molecule has 3 unspecified atom stereocenters. The van der Waals surface area contributed by atoms with E-state index < -0.39 is 0 Å². The highest BCUT2D eigenvalue weighted by Gasteiger charge is 2.43. The molecule has 0 radical (unpaired) electrons. The lowest BCUT2D eigenvalue weighted by molar-refractivity contribution is -0.0877. The summed E-state index contributed by atoms with van der Waals surface area (Å²) < 4.78 is 20.4. The maximum Gasteiger partial charge on any atom is 0.231 e. The number of imidazole rings is 1. The number of fused-ring (bicyclic) bond motifs is 4. The number of rotatable bonds is 4. The van der Waals surface area contributed by atoms with Crippen molar-refractivity contribution in [1.29, 1.82) is 0 Å². The minimum atomic E-state index is -0.00830. The average molecular weight is 504 g/mol. The first-order valence-electron chi connectivity index (χ1n) is 10.4. The molecule has 5 heterocycles. The molecule has 2 bridgehead atoms. The fourth-order valence-electron chi connectivity index (χ4n) is 5.02. The molecule has 0 saturated carbocycles. The predicted octanol–water partition coefficient (Wildman–Crippen LogP) is 4.40. The summed E-state index contributed by atoms with van der Waals surface area (Å²) in [4.78, 5) is 14.5. The van der Waals surface area contributed by atoms with E-state index in [4.69, 9.17) is 24.9 Å². The van der Waals surface area contributed by atoms with Gasteiger partial charge in [-0.1, -0.05) is 11.8 Å². The third-order valence-corrected chi connectivity index (χ3v) is 8.33. The number of anilines is 1. The summed E-state index contributed by atoms with van der Waals surface area (Å²) in [5.74, 6) is 2.38. The molecule has 2 aromatic heterocycles. The van der Waals surface area contributed by atoms with Gasteiger partial charge in [0, 0.05) is 15.9 Å². The van der Waals surface area contributed by atoms with Crippen LogP contribution < -0.4 is 15.2 Å². The molecule has 0 aliphatic carbocycles. The van der Waals surface area contributed by atoms with E-state index in [-0.39, 0.29) is 12.4 Å². The molecular formula is C21H22BrN5O3S. The first-order chi connectivity index (χ1) is 15.0. The second-order valence-corrected chi connectivity index (χ2v) is 10.6. The topological polar surface area (TPSA) is 97.3 Å². The highest BCUT2D eigenvalue weighted by molar-refractivity contribution is 9.10. The molecule has 3 aromatic rings. The standard InChI is InChI=1S/C21H22BrN5O3S/c1-21-3-2-12(30-21)4-11(7-21)8-27-19-17(18(23)24-9-25-19)26-20(27)31-16-6-15-14(5-13(16)22)28-10-29-15/h5-6,9,11-12H,2-4,7-8,10H2,1H3,(H2,23,24,25). The number of nitrogens with zero attached hydrogens (tertiary/aromatic N) is 4. The van der Waals surface area contributed by atoms with Gasteiger partial charge < -0.3 is 24.5 Å². The Kier molecular flexibility index (Phi) is 4.59. The Morgan fingerprint density at radius 1 is 1.29 bits per heavy atom. The van der Waals surface area contributed by atoms with Crippen LogP contribution in [0, 0.1) is 5.92 Å². The fraction of sp³-hybridized carbons (Fsp3) is 0.476. The number of hydrogen-bond acceptors (Lipinski definition) is 8. The summed E-state index contributed by atoms with van der Waals surface area (Å²) in [5, 5.41) is 0.839. The van der Waals surface area contributed by atoms with E-state index in [1.807, 2.05) is 12.1 Å². The molecule has 2 fully saturated rings. The fourth-order valence-corrected chi connectivity index (χ4v) is 6.51. The molecule has 2 saturated heterocycles. The van der Waals surface area contributed by atoms with Gasteiger partial charge in [0.2, 0.25) is 6.79 Å². The normalized spacial score (nSPS) is 26.6. The molecule has 0 spiro atoms. The Labute approximate surface area is 192 Å². The number of hydrogen-bond donors (Lipinski definition) is 1. The van der Waals surface area contributed by atoms with E-state index in [9.17, 15) is 0 Å². The van der Waals surface area contributed by atoms with Crippen LogP contribution in [0.5, 0.6) is 11.5 Å². The Morgan fingerprint density at radius 2 is 2.13 bits per heavy atom. The maximum atomic E-state index is 6.22. The monoisotopic (exact) mass is 503 g/mol. The van der Waals surface area contributed by atoms with Gasteiger partial charge >= 0.3 is 0 Å². The number of aromatic nitrogens is 4. The van der Waals surface area contributed by atoms with Crippen LogP contribution in [0.3, 0.4) is 0 Å². The zero-order chi connectivity index (χ0) is 21.2. The summed E-state index contributed by atoms with van der Waals surface area (Å²) in [6.07, 6.45) is 6.26. The van der Waals surface area contributed by atoms with Gasteiger partial charge in [0.1, 0.15) is 6.33 Å². The molecule has 3 atom stereocenters. The predicted molar refractivity (Wildman–Crippen MR) is 119 cm³/mol. The minimum absolute atomic E-state index is 0.00830. The SMILES string of the molecule is CC12CCC(CC(Cn3c(Sc4cc5c(cc4Br)OCO5)nc4c(N)ncnc43)C1)O2. The molecular weight excluding hydrogens is 482 g/mol. The molecule has 3 aliphatic rings. The molecule has 1 aromatic carbocycles. The van der Waals surface area contributed by atoms with Crippen LogP contribution in [-0.4, -0.2) is 38.0 Å². The van der Waals surface area contributed by atoms with Crippen molar-refractivity contribution in [2.24, 2.45) is 5.92 Å². The lowest BCUT2D eigenvalue weighted by Gasteiger charge is -2.35. The van der Waals surface area contributed by atoms with Gasteiger partial charge in [-0.3, -0.25) is 0 Å². The molecule has 31 heavy (non-hydrogen) atoms. The molecule has 8 nitrogen and oxygen atoms in total. The summed E-state index contributed by atoms with van der Waals surface area (Å²) in [6.45, 7) is 3.31. The lowest BCUT2D eigenvalue weighted by Crippen LogP contribution is -2.36. The number of ether oxygens (including phenoxy) is 3. The number of nitrogen functional groups attached to an aromatic ring is 1. The van der Waals surface area contributed by atoms with E-state index in [1.165, 1.54) is 6.33 Å². The summed E-state index contributed by atoms with van der Waals surface area (Å²) >= 11 is 5.22. The van der Waals surface area contributed by atoms with E-state index in [0.717, 1.165) is 63.9 Å². The van der Waals surface area contributed by atoms with Crippen molar-refractivity contribution in [2.45, 2.75) is 60.9 Å². The molecule has 162 valence electrons. The zero-order valence-electron chi connectivity index (χ0n) is 17.0. The minimum Gasteiger partial charge on any atom is -0.454 e. The van der Waals surface area contributed by atoms with Crippen molar-refractivity contribution >= 4 is 44.7 Å². The van der Waals surface area contributed by atoms with E-state index in [1.54, 1.807) is 11.8 Å². The molecule has 2 N–H and O–H groups in total. The Hall–Kier alpha value is -2.04. The van der Waals surface area contributed by atoms with E-state index >= 15 is 0 Å². The molecule has 10 heteroatoms. The lowest BCUT2D eigenvalue weighted by atomic mass is 9.88. The number of benzene rings is 1. The van der Waals surface area contributed by atoms with Gasteiger partial charge in [0.25, 0.3) is 0 Å². The van der Waals surface area contributed by atoms with Gasteiger partial charge in [-0.15, -0.1) is 0 Å². The molecule has 3 aliphatic heterocycles. The number of halogens is 1. The van der Waals surface area contributed by atoms with Gasteiger partial charge in [-0.05, 0) is 66.6 Å². The van der Waals surface area contributed by atoms with Gasteiger partial charge in [0.05, 0.1) is 11.7 Å². The molecule has 0 amide bonds. The highest BCUT2D eigenvalue weighted by Crippen LogP contribution is 2.46. The Morgan fingerprint density at radius 3 is 2.97 bits per heavy atom. The van der Waals surface area contributed by atoms with Crippen molar-refractivity contribution in [3.8, 4) is 11.5 Å². The average Bonchev–Trinajstić information content (AvgIpc) is 3.39. The third-order valence-electron chi connectivity index (χ3n) is 6.36. The van der Waals surface area contributed by atoms with E-state index in [0.29, 0.717) is 23.4 Å². The van der Waals surface area contributed by atoms with Crippen molar-refractivity contribution in [3.05, 3.63) is 22.9 Å². The largest absolute Gasteiger partial charge is 0.454 e. The second kappa shape index (κ2) is 7.25. The van der Waals surface area contributed by atoms with Crippen LogP contribution in [-0.2, 0) is 11.3 Å². The van der Waals surface area contributed by atoms with Crippen LogP contribution in [0.25, 0.3) is 11.2 Å². The summed E-state index contributed by atoms with van der Waals surface area (Å²) in [6, 6.07) is 3.91. The van der Waals surface area contributed by atoms with Gasteiger partial charge in [0.15, 0.2) is 33.6 Å². The van der Waals surface area contributed by atoms with Crippen LogP contribution in [0.4, 0.5) is 5.82 Å². The molecule has 6 rings (SSSR count). The first kappa shape index (κ1) is 19.6. The second-order valence-electron chi connectivity index (χ2n) is 8.71. The summed E-state index contributed by atoms with van der Waals surface area (Å²) in [7, 11) is 0. The van der Waals surface area contributed by atoms with E-state index in [2.05, 4.69) is 37.4 Å². The van der Waals surface area contributed by atoms with Crippen LogP contribution in [0.15, 0.2) is 33.0 Å². The van der Waals surface area contributed by atoms with Crippen LogP contribution in [0.2, 0.25) is 0 Å². The van der Waals surface area contributed by atoms with Crippen LogP contribution in [0.1, 0.15) is 32.6 Å². The van der Waals surface area contributed by atoms with Crippen LogP contribution >= 0.6 is 27.7 Å². The number of nitrogens with two attached hydrogens (primary N) is 1. The highest BCUT2D eigenvalue weighted by atomic mass is 79.9.